The molecule has 0 saturated carbocycles. The summed E-state index contributed by atoms with van der Waals surface area (Å²) >= 11 is 0. The third kappa shape index (κ3) is 7.71. The molecule has 0 saturated heterocycles. The Morgan fingerprint density at radius 3 is 2.49 bits per heavy atom. The number of esters is 1. The number of aliphatic hydroxyl groups excluding tert-OH is 1. The van der Waals surface area contributed by atoms with E-state index in [1.54, 1.807) is 45.0 Å². The molecule has 0 aromatic heterocycles. The van der Waals surface area contributed by atoms with Crippen LogP contribution in [0.25, 0.3) is 0 Å². The Bertz CT molecular complexity index is 1020. The first-order valence-corrected chi connectivity index (χ1v) is 11.6. The number of nitrogens with zero attached hydrogens (tertiary/aromatic N) is 1. The maximum atomic E-state index is 13.3. The molecule has 3 rings (SSSR count). The maximum Gasteiger partial charge on any atom is 0.306 e. The van der Waals surface area contributed by atoms with E-state index in [0.717, 1.165) is 0 Å². The van der Waals surface area contributed by atoms with Crippen molar-refractivity contribution in [2.75, 3.05) is 25.2 Å². The molecule has 0 fully saturated rings. The Labute approximate surface area is 205 Å². The predicted molar refractivity (Wildman–Crippen MR) is 132 cm³/mol. The molecule has 1 aliphatic rings. The van der Waals surface area contributed by atoms with E-state index in [0.29, 0.717) is 35.9 Å². The fourth-order valence-electron chi connectivity index (χ4n) is 3.37. The fraction of sp³-hybridized carbons (Fsp3) is 0.423. The molecule has 9 heteroatoms. The van der Waals surface area contributed by atoms with Gasteiger partial charge in [-0.15, -0.1) is 0 Å². The van der Waals surface area contributed by atoms with E-state index in [9.17, 15) is 9.59 Å². The van der Waals surface area contributed by atoms with Crippen LogP contribution in [0.15, 0.2) is 59.6 Å². The minimum Gasteiger partial charge on any atom is -0.494 e. The number of hydrogen-bond donors (Lipinski definition) is 3. The Kier molecular flexibility index (Phi) is 8.70. The highest BCUT2D eigenvalue weighted by Gasteiger charge is 2.45. The number of amides is 1. The minimum absolute atomic E-state index is 0.00774. The van der Waals surface area contributed by atoms with Gasteiger partial charge in [0.15, 0.2) is 5.54 Å². The number of nitrogens with one attached hydrogen (secondary N) is 2. The average Bonchev–Trinajstić information content (AvgIpc) is 3.27. The highest BCUT2D eigenvalue weighted by molar-refractivity contribution is 6.00. The van der Waals surface area contributed by atoms with Crippen LogP contribution >= 0.6 is 0 Å². The number of para-hydroxylation sites is 1. The lowest BCUT2D eigenvalue weighted by atomic mass is 9.94. The Morgan fingerprint density at radius 2 is 1.83 bits per heavy atom. The number of anilines is 1. The topological polar surface area (TPSA) is 118 Å². The zero-order valence-electron chi connectivity index (χ0n) is 20.4. The molecule has 9 nitrogen and oxygen atoms in total. The zero-order valence-corrected chi connectivity index (χ0v) is 20.4. The van der Waals surface area contributed by atoms with Crippen LogP contribution in [-0.4, -0.2) is 53.8 Å². The summed E-state index contributed by atoms with van der Waals surface area (Å²) in [7, 11) is 0. The van der Waals surface area contributed by atoms with Gasteiger partial charge >= 0.3 is 5.97 Å². The van der Waals surface area contributed by atoms with Gasteiger partial charge in [-0.25, -0.2) is 4.99 Å². The average molecular weight is 484 g/mol. The number of hydrogen-bond acceptors (Lipinski definition) is 8. The lowest BCUT2D eigenvalue weighted by molar-refractivity contribution is -0.155. The van der Waals surface area contributed by atoms with Gasteiger partial charge in [0.1, 0.15) is 18.0 Å². The first-order valence-electron chi connectivity index (χ1n) is 11.6. The largest absolute Gasteiger partial charge is 0.494 e. The molecule has 1 heterocycles. The molecule has 0 aliphatic carbocycles. The van der Waals surface area contributed by atoms with Gasteiger partial charge in [-0.3, -0.25) is 20.4 Å². The summed E-state index contributed by atoms with van der Waals surface area (Å²) in [5.41, 5.74) is 5.05. The predicted octanol–water partition coefficient (Wildman–Crippen LogP) is 3.23. The first-order chi connectivity index (χ1) is 16.7. The Hall–Kier alpha value is -3.59. The van der Waals surface area contributed by atoms with Crippen LogP contribution < -0.4 is 15.6 Å². The van der Waals surface area contributed by atoms with Crippen molar-refractivity contribution in [2.45, 2.75) is 51.2 Å². The van der Waals surface area contributed by atoms with Crippen molar-refractivity contribution in [1.82, 2.24) is 5.43 Å². The van der Waals surface area contributed by atoms with Crippen LogP contribution in [-0.2, 0) is 19.1 Å². The van der Waals surface area contributed by atoms with Gasteiger partial charge < -0.3 is 19.3 Å². The summed E-state index contributed by atoms with van der Waals surface area (Å²) in [6.07, 6.45) is 0.674. The van der Waals surface area contributed by atoms with Gasteiger partial charge in [0.2, 0.25) is 5.90 Å². The minimum atomic E-state index is -1.30. The quantitative estimate of drug-likeness (QED) is 0.255. The van der Waals surface area contributed by atoms with Crippen molar-refractivity contribution < 1.29 is 28.9 Å². The normalized spacial score (nSPS) is 17.2. The lowest BCUT2D eigenvalue weighted by Crippen LogP contribution is -2.49. The van der Waals surface area contributed by atoms with E-state index in [-0.39, 0.29) is 26.1 Å². The summed E-state index contributed by atoms with van der Waals surface area (Å²) in [5, 5.41) is 8.88. The second-order valence-corrected chi connectivity index (χ2v) is 9.22. The second-order valence-electron chi connectivity index (χ2n) is 9.22. The molecule has 2 aromatic rings. The van der Waals surface area contributed by atoms with Gasteiger partial charge in [-0.2, -0.15) is 0 Å². The van der Waals surface area contributed by atoms with Crippen molar-refractivity contribution in [3.05, 3.63) is 60.2 Å². The van der Waals surface area contributed by atoms with E-state index in [2.05, 4.69) is 15.8 Å². The number of aliphatic hydroxyl groups is 1. The summed E-state index contributed by atoms with van der Waals surface area (Å²) in [6, 6.07) is 16.3. The molecule has 0 radical (unpaired) electrons. The van der Waals surface area contributed by atoms with Crippen LogP contribution in [0.3, 0.4) is 0 Å². The number of hydrazine groups is 1. The molecule has 1 atom stereocenters. The van der Waals surface area contributed by atoms with Gasteiger partial charge in [-0.05, 0) is 63.6 Å². The second kappa shape index (κ2) is 11.7. The van der Waals surface area contributed by atoms with Gasteiger partial charge in [0.05, 0.1) is 12.3 Å². The lowest BCUT2D eigenvalue weighted by Gasteiger charge is -2.24. The van der Waals surface area contributed by atoms with E-state index < -0.39 is 23.0 Å². The molecule has 0 unspecified atom stereocenters. The monoisotopic (exact) mass is 483 g/mol. The van der Waals surface area contributed by atoms with Crippen molar-refractivity contribution >= 4 is 23.5 Å². The maximum absolute atomic E-state index is 13.3. The van der Waals surface area contributed by atoms with Gasteiger partial charge in [0.25, 0.3) is 5.91 Å². The molecular weight excluding hydrogens is 450 g/mol. The molecular formula is C26H33N3O6. The number of carbonyl (C=O) groups excluding carboxylic acids is 2. The molecule has 1 aliphatic heterocycles. The van der Waals surface area contributed by atoms with Crippen molar-refractivity contribution in [3.63, 3.8) is 0 Å². The van der Waals surface area contributed by atoms with Crippen LogP contribution in [0.5, 0.6) is 5.75 Å². The zero-order chi connectivity index (χ0) is 25.3. The summed E-state index contributed by atoms with van der Waals surface area (Å²) < 4.78 is 16.8. The molecule has 2 aromatic carbocycles. The number of carbonyl (C=O) groups is 2. The highest BCUT2D eigenvalue weighted by atomic mass is 16.6. The van der Waals surface area contributed by atoms with Crippen LogP contribution in [0, 0.1) is 0 Å². The van der Waals surface area contributed by atoms with Crippen LogP contribution in [0.1, 0.15) is 45.6 Å². The standard InChI is InChI=1S/C26H33N3O6/c1-25(2,3)35-22(31)14-15-26(24(32)29-28-20-8-5-4-6-9-20)18-34-23(27-26)19-10-12-21(13-11-19)33-17-7-16-30/h4-6,8-13,28,30H,7,14-18H2,1-3H3,(H,29,32)/t26-/m0/s1. The number of benzene rings is 2. The van der Waals surface area contributed by atoms with Crippen LogP contribution in [0.2, 0.25) is 0 Å². The molecule has 0 bridgehead atoms. The third-order valence-electron chi connectivity index (χ3n) is 5.12. The molecule has 188 valence electrons. The van der Waals surface area contributed by atoms with Crippen molar-refractivity contribution in [2.24, 2.45) is 4.99 Å². The summed E-state index contributed by atoms with van der Waals surface area (Å²) in [5.74, 6) is 0.144. The first kappa shape index (κ1) is 26.0. The van der Waals surface area contributed by atoms with Crippen molar-refractivity contribution in [1.29, 1.82) is 0 Å². The molecule has 35 heavy (non-hydrogen) atoms. The van der Waals surface area contributed by atoms with E-state index in [1.165, 1.54) is 0 Å². The summed E-state index contributed by atoms with van der Waals surface area (Å²) in [6.45, 7) is 5.85. The SMILES string of the molecule is CC(C)(C)OC(=O)CC[C@@]1(C(=O)NNc2ccccc2)COC(c2ccc(OCCCO)cc2)=N1. The highest BCUT2D eigenvalue weighted by Crippen LogP contribution is 2.29. The molecule has 1 amide bonds. The number of ether oxygens (including phenoxy) is 3. The Balaban J connectivity index is 1.75. The third-order valence-corrected chi connectivity index (χ3v) is 5.12. The van der Waals surface area contributed by atoms with Crippen LogP contribution in [0.4, 0.5) is 5.69 Å². The summed E-state index contributed by atoms with van der Waals surface area (Å²) in [4.78, 5) is 30.3. The number of rotatable bonds is 11. The number of aliphatic imine (C=N–C) groups is 1. The smallest absolute Gasteiger partial charge is 0.306 e. The van der Waals surface area contributed by atoms with Gasteiger partial charge in [0, 0.05) is 25.0 Å². The van der Waals surface area contributed by atoms with E-state index in [4.69, 9.17) is 19.3 Å². The van der Waals surface area contributed by atoms with E-state index >= 15 is 0 Å². The molecule has 0 spiro atoms. The Morgan fingerprint density at radius 1 is 1.11 bits per heavy atom. The molecule has 3 N–H and O–H groups in total. The van der Waals surface area contributed by atoms with E-state index in [1.807, 2.05) is 30.3 Å². The van der Waals surface area contributed by atoms with Gasteiger partial charge in [-0.1, -0.05) is 18.2 Å². The fourth-order valence-corrected chi connectivity index (χ4v) is 3.37. The van der Waals surface area contributed by atoms with Crippen molar-refractivity contribution in [3.8, 4) is 5.75 Å².